The van der Waals surface area contributed by atoms with Crippen molar-refractivity contribution in [1.82, 2.24) is 9.97 Å². The Morgan fingerprint density at radius 1 is 1.21 bits per heavy atom. The maximum Gasteiger partial charge on any atom is 0.165 e. The van der Waals surface area contributed by atoms with Gasteiger partial charge in [0.05, 0.1) is 12.7 Å². The summed E-state index contributed by atoms with van der Waals surface area (Å²) in [5.74, 6) is 1.92. The van der Waals surface area contributed by atoms with Crippen LogP contribution in [0.15, 0.2) is 18.2 Å². The number of ether oxygens (including phenoxy) is 1. The molecule has 2 aromatic rings. The smallest absolute Gasteiger partial charge is 0.165 e. The van der Waals surface area contributed by atoms with E-state index in [9.17, 15) is 0 Å². The van der Waals surface area contributed by atoms with Crippen molar-refractivity contribution >= 4 is 5.82 Å². The lowest BCUT2D eigenvalue weighted by Gasteiger charge is -2.12. The first-order valence-electron chi connectivity index (χ1n) is 6.34. The van der Waals surface area contributed by atoms with E-state index in [2.05, 4.69) is 16.9 Å². The van der Waals surface area contributed by atoms with Crippen LogP contribution in [-0.2, 0) is 6.42 Å². The summed E-state index contributed by atoms with van der Waals surface area (Å²) in [6, 6.07) is 5.96. The Balaban J connectivity index is 2.62. The molecule has 4 nitrogen and oxygen atoms in total. The van der Waals surface area contributed by atoms with Gasteiger partial charge in [0.25, 0.3) is 0 Å². The zero-order chi connectivity index (χ0) is 14.0. The Morgan fingerprint density at radius 2 is 1.95 bits per heavy atom. The van der Waals surface area contributed by atoms with Crippen molar-refractivity contribution in [3.05, 3.63) is 35.0 Å². The van der Waals surface area contributed by atoms with Gasteiger partial charge in [0.2, 0.25) is 0 Å². The van der Waals surface area contributed by atoms with Crippen LogP contribution in [0.1, 0.15) is 23.7 Å². The summed E-state index contributed by atoms with van der Waals surface area (Å²) < 4.78 is 5.40. The average Bonchev–Trinajstić information content (AvgIpc) is 2.41. The summed E-state index contributed by atoms with van der Waals surface area (Å²) in [5, 5.41) is 0. The third-order valence-corrected chi connectivity index (χ3v) is 3.22. The number of aryl methyl sites for hydroxylation is 2. The zero-order valence-corrected chi connectivity index (χ0v) is 11.8. The molecule has 0 amide bonds. The molecule has 0 aliphatic carbocycles. The van der Waals surface area contributed by atoms with Crippen LogP contribution in [0.25, 0.3) is 11.4 Å². The molecule has 0 spiro atoms. The minimum Gasteiger partial charge on any atom is -0.496 e. The molecule has 0 saturated heterocycles. The second-order valence-corrected chi connectivity index (χ2v) is 4.56. The van der Waals surface area contributed by atoms with Crippen LogP contribution in [0.3, 0.4) is 0 Å². The van der Waals surface area contributed by atoms with Gasteiger partial charge in [-0.1, -0.05) is 13.0 Å². The van der Waals surface area contributed by atoms with Crippen molar-refractivity contribution in [3.8, 4) is 17.1 Å². The van der Waals surface area contributed by atoms with Gasteiger partial charge in [-0.25, -0.2) is 9.97 Å². The Bertz CT molecular complexity index is 609. The molecule has 1 aromatic carbocycles. The Labute approximate surface area is 113 Å². The lowest BCUT2D eigenvalue weighted by Crippen LogP contribution is -2.05. The second-order valence-electron chi connectivity index (χ2n) is 4.56. The zero-order valence-electron chi connectivity index (χ0n) is 11.8. The van der Waals surface area contributed by atoms with Crippen LogP contribution in [0.4, 0.5) is 5.82 Å². The minimum absolute atomic E-state index is 0.532. The van der Waals surface area contributed by atoms with Crippen molar-refractivity contribution in [3.63, 3.8) is 0 Å². The molecule has 0 unspecified atom stereocenters. The number of nitrogens with zero attached hydrogens (tertiary/aromatic N) is 2. The highest BCUT2D eigenvalue weighted by atomic mass is 16.5. The number of methoxy groups -OCH3 is 1. The summed E-state index contributed by atoms with van der Waals surface area (Å²) in [6.45, 7) is 6.03. The van der Waals surface area contributed by atoms with Gasteiger partial charge < -0.3 is 10.5 Å². The second kappa shape index (κ2) is 5.26. The van der Waals surface area contributed by atoms with E-state index in [0.29, 0.717) is 11.6 Å². The van der Waals surface area contributed by atoms with Crippen LogP contribution in [0.5, 0.6) is 5.75 Å². The average molecular weight is 257 g/mol. The van der Waals surface area contributed by atoms with E-state index in [0.717, 1.165) is 34.6 Å². The number of rotatable bonds is 3. The molecule has 0 aliphatic heterocycles. The molecule has 0 bridgehead atoms. The number of benzene rings is 1. The molecule has 2 N–H and O–H groups in total. The van der Waals surface area contributed by atoms with Crippen LogP contribution in [-0.4, -0.2) is 17.1 Å². The van der Waals surface area contributed by atoms with Gasteiger partial charge in [-0.3, -0.25) is 0 Å². The molecule has 1 heterocycles. The van der Waals surface area contributed by atoms with Crippen molar-refractivity contribution in [2.75, 3.05) is 12.8 Å². The van der Waals surface area contributed by atoms with Crippen LogP contribution < -0.4 is 10.5 Å². The molecule has 19 heavy (non-hydrogen) atoms. The summed E-state index contributed by atoms with van der Waals surface area (Å²) in [7, 11) is 1.65. The maximum absolute atomic E-state index is 5.96. The molecule has 100 valence electrons. The number of nitrogen functional groups attached to an aromatic ring is 1. The molecular formula is C15H19N3O. The predicted molar refractivity (Wildman–Crippen MR) is 77.3 cm³/mol. The predicted octanol–water partition coefficient (Wildman–Crippen LogP) is 2.91. The molecule has 1 aromatic heterocycles. The van der Waals surface area contributed by atoms with Crippen molar-refractivity contribution in [2.45, 2.75) is 27.2 Å². The van der Waals surface area contributed by atoms with Gasteiger partial charge in [0.15, 0.2) is 5.82 Å². The summed E-state index contributed by atoms with van der Waals surface area (Å²) >= 11 is 0. The SMILES string of the molecule is CCc1nc(-c2ccc(C)cc2OC)nc(N)c1C. The van der Waals surface area contributed by atoms with Gasteiger partial charge in [-0.2, -0.15) is 0 Å². The number of hydrogen-bond acceptors (Lipinski definition) is 4. The topological polar surface area (TPSA) is 61.0 Å². The highest BCUT2D eigenvalue weighted by molar-refractivity contribution is 5.66. The summed E-state index contributed by atoms with van der Waals surface area (Å²) in [6.07, 6.45) is 0.833. The van der Waals surface area contributed by atoms with Crippen LogP contribution in [0.2, 0.25) is 0 Å². The normalized spacial score (nSPS) is 10.5. The van der Waals surface area contributed by atoms with E-state index < -0.39 is 0 Å². The van der Waals surface area contributed by atoms with Crippen molar-refractivity contribution in [1.29, 1.82) is 0 Å². The minimum atomic E-state index is 0.532. The highest BCUT2D eigenvalue weighted by Gasteiger charge is 2.13. The molecule has 2 rings (SSSR count). The molecule has 0 atom stereocenters. The van der Waals surface area contributed by atoms with Gasteiger partial charge in [0, 0.05) is 11.3 Å². The van der Waals surface area contributed by atoms with E-state index in [-0.39, 0.29) is 0 Å². The van der Waals surface area contributed by atoms with Crippen molar-refractivity contribution in [2.24, 2.45) is 0 Å². The monoisotopic (exact) mass is 257 g/mol. The summed E-state index contributed by atoms with van der Waals surface area (Å²) in [5.41, 5.74) is 9.90. The van der Waals surface area contributed by atoms with Gasteiger partial charge in [-0.05, 0) is 38.0 Å². The first-order valence-corrected chi connectivity index (χ1v) is 6.34. The van der Waals surface area contributed by atoms with E-state index >= 15 is 0 Å². The molecule has 0 aliphatic rings. The molecule has 0 saturated carbocycles. The fourth-order valence-electron chi connectivity index (χ4n) is 2.03. The molecule has 0 radical (unpaired) electrons. The van der Waals surface area contributed by atoms with Crippen LogP contribution in [0, 0.1) is 13.8 Å². The highest BCUT2D eigenvalue weighted by Crippen LogP contribution is 2.29. The molecular weight excluding hydrogens is 238 g/mol. The lowest BCUT2D eigenvalue weighted by molar-refractivity contribution is 0.416. The molecule has 4 heteroatoms. The van der Waals surface area contributed by atoms with Crippen molar-refractivity contribution < 1.29 is 4.74 Å². The van der Waals surface area contributed by atoms with E-state index in [1.807, 2.05) is 32.0 Å². The molecule has 0 fully saturated rings. The fourth-order valence-corrected chi connectivity index (χ4v) is 2.03. The number of nitrogens with two attached hydrogens (primary N) is 1. The standard InChI is InChI=1S/C15H19N3O/c1-5-12-10(3)14(16)18-15(17-12)11-7-6-9(2)8-13(11)19-4/h6-8H,5H2,1-4H3,(H2,16,17,18). The van der Waals surface area contributed by atoms with Gasteiger partial charge in [-0.15, -0.1) is 0 Å². The Kier molecular flexibility index (Phi) is 3.69. The van der Waals surface area contributed by atoms with Crippen LogP contribution >= 0.6 is 0 Å². The van der Waals surface area contributed by atoms with Gasteiger partial charge >= 0.3 is 0 Å². The first-order chi connectivity index (χ1) is 9.06. The Hall–Kier alpha value is -2.10. The largest absolute Gasteiger partial charge is 0.496 e. The van der Waals surface area contributed by atoms with E-state index in [4.69, 9.17) is 10.5 Å². The third-order valence-electron chi connectivity index (χ3n) is 3.22. The maximum atomic E-state index is 5.96. The number of hydrogen-bond donors (Lipinski definition) is 1. The number of anilines is 1. The van der Waals surface area contributed by atoms with E-state index in [1.165, 1.54) is 0 Å². The Morgan fingerprint density at radius 3 is 2.58 bits per heavy atom. The first kappa shape index (κ1) is 13.3. The van der Waals surface area contributed by atoms with E-state index in [1.54, 1.807) is 7.11 Å². The summed E-state index contributed by atoms with van der Waals surface area (Å²) in [4.78, 5) is 8.97. The number of aromatic nitrogens is 2. The fraction of sp³-hybridized carbons (Fsp3) is 0.333. The van der Waals surface area contributed by atoms with Gasteiger partial charge in [0.1, 0.15) is 11.6 Å². The third kappa shape index (κ3) is 2.52. The quantitative estimate of drug-likeness (QED) is 0.918. The lowest BCUT2D eigenvalue weighted by atomic mass is 10.1.